The Bertz CT molecular complexity index is 373. The lowest BCUT2D eigenvalue weighted by Gasteiger charge is -2.26. The normalized spacial score (nSPS) is 16.2. The second-order valence-corrected chi connectivity index (χ2v) is 3.94. The van der Waals surface area contributed by atoms with Crippen LogP contribution in [0, 0.1) is 0 Å². The van der Waals surface area contributed by atoms with E-state index in [4.69, 9.17) is 10.5 Å². The molecular formula is C10H17N5O2. The summed E-state index contributed by atoms with van der Waals surface area (Å²) in [6, 6.07) is 0. The number of nitrogens with zero attached hydrogens (tertiary/aromatic N) is 4. The minimum Gasteiger partial charge on any atom is -0.378 e. The third kappa shape index (κ3) is 3.24. The number of rotatable bonds is 4. The third-order valence-electron chi connectivity index (χ3n) is 2.65. The average Bonchev–Trinajstić information content (AvgIpc) is 2.78. The molecule has 2 N–H and O–H groups in total. The van der Waals surface area contributed by atoms with Crippen LogP contribution in [0.3, 0.4) is 0 Å². The molecule has 7 nitrogen and oxygen atoms in total. The smallest absolute Gasteiger partial charge is 0.244 e. The van der Waals surface area contributed by atoms with Crippen molar-refractivity contribution in [2.24, 2.45) is 5.73 Å². The molecule has 2 rings (SSSR count). The minimum absolute atomic E-state index is 0.0532. The highest BCUT2D eigenvalue weighted by molar-refractivity contribution is 5.75. The van der Waals surface area contributed by atoms with Gasteiger partial charge in [-0.1, -0.05) is 5.21 Å². The van der Waals surface area contributed by atoms with E-state index in [0.29, 0.717) is 39.3 Å². The van der Waals surface area contributed by atoms with E-state index in [0.717, 1.165) is 5.69 Å². The van der Waals surface area contributed by atoms with Crippen LogP contribution in [-0.4, -0.2) is 58.6 Å². The van der Waals surface area contributed by atoms with E-state index in [1.165, 1.54) is 0 Å². The zero-order chi connectivity index (χ0) is 12.1. The van der Waals surface area contributed by atoms with Gasteiger partial charge in [0.25, 0.3) is 0 Å². The lowest BCUT2D eigenvalue weighted by atomic mass is 10.3. The van der Waals surface area contributed by atoms with Crippen molar-refractivity contribution < 1.29 is 9.53 Å². The maximum atomic E-state index is 11.9. The molecule has 0 unspecified atom stereocenters. The largest absolute Gasteiger partial charge is 0.378 e. The Morgan fingerprint density at radius 3 is 2.94 bits per heavy atom. The molecule has 1 aliphatic rings. The number of nitrogens with two attached hydrogens (primary N) is 1. The molecular weight excluding hydrogens is 222 g/mol. The third-order valence-corrected chi connectivity index (χ3v) is 2.65. The minimum atomic E-state index is 0.0532. The predicted molar refractivity (Wildman–Crippen MR) is 60.2 cm³/mol. The number of carbonyl (C=O) groups is 1. The summed E-state index contributed by atoms with van der Waals surface area (Å²) in [5.41, 5.74) is 6.24. The van der Waals surface area contributed by atoms with Crippen molar-refractivity contribution in [3.05, 3.63) is 11.9 Å². The van der Waals surface area contributed by atoms with E-state index in [9.17, 15) is 4.79 Å². The molecule has 1 aliphatic heterocycles. The molecule has 1 fully saturated rings. The molecule has 2 heterocycles. The van der Waals surface area contributed by atoms with Crippen molar-refractivity contribution in [3.8, 4) is 0 Å². The summed E-state index contributed by atoms with van der Waals surface area (Å²) in [6.45, 7) is 3.31. The topological polar surface area (TPSA) is 86.3 Å². The van der Waals surface area contributed by atoms with Crippen LogP contribution in [0.2, 0.25) is 0 Å². The van der Waals surface area contributed by atoms with Crippen molar-refractivity contribution in [2.75, 3.05) is 32.8 Å². The van der Waals surface area contributed by atoms with Crippen LogP contribution in [0.15, 0.2) is 6.20 Å². The monoisotopic (exact) mass is 239 g/mol. The van der Waals surface area contributed by atoms with E-state index < -0.39 is 0 Å². The molecule has 1 aromatic heterocycles. The number of carbonyl (C=O) groups excluding carboxylic acids is 1. The number of hydrogen-bond acceptors (Lipinski definition) is 5. The van der Waals surface area contributed by atoms with Gasteiger partial charge in [0.15, 0.2) is 0 Å². The molecule has 94 valence electrons. The Morgan fingerprint density at radius 2 is 2.24 bits per heavy atom. The summed E-state index contributed by atoms with van der Waals surface area (Å²) in [7, 11) is 0. The molecule has 1 saturated heterocycles. The summed E-state index contributed by atoms with van der Waals surface area (Å²) in [5, 5.41) is 7.84. The second-order valence-electron chi connectivity index (χ2n) is 3.94. The maximum absolute atomic E-state index is 11.9. The van der Waals surface area contributed by atoms with Gasteiger partial charge in [-0.2, -0.15) is 0 Å². The molecule has 0 bridgehead atoms. The van der Waals surface area contributed by atoms with Crippen LogP contribution in [0.25, 0.3) is 0 Å². The van der Waals surface area contributed by atoms with E-state index in [1.807, 2.05) is 0 Å². The van der Waals surface area contributed by atoms with E-state index in [1.54, 1.807) is 15.8 Å². The highest BCUT2D eigenvalue weighted by Crippen LogP contribution is 2.00. The van der Waals surface area contributed by atoms with E-state index in [2.05, 4.69) is 10.3 Å². The lowest BCUT2D eigenvalue weighted by molar-refractivity contribution is -0.136. The first kappa shape index (κ1) is 12.0. The molecule has 0 radical (unpaired) electrons. The first-order valence-electron chi connectivity index (χ1n) is 5.74. The molecule has 1 aromatic rings. The van der Waals surface area contributed by atoms with Crippen LogP contribution < -0.4 is 5.73 Å². The van der Waals surface area contributed by atoms with Crippen LogP contribution in [-0.2, 0) is 22.5 Å². The van der Waals surface area contributed by atoms with Crippen molar-refractivity contribution in [1.29, 1.82) is 0 Å². The summed E-state index contributed by atoms with van der Waals surface area (Å²) in [5.74, 6) is 0.0532. The second kappa shape index (κ2) is 5.74. The Balaban J connectivity index is 1.88. The SMILES string of the molecule is NCCc1cn(CC(=O)N2CCOCC2)nn1. The molecule has 0 spiro atoms. The Hall–Kier alpha value is -1.47. The quantitative estimate of drug-likeness (QED) is 0.701. The van der Waals surface area contributed by atoms with Gasteiger partial charge in [0.1, 0.15) is 6.54 Å². The zero-order valence-corrected chi connectivity index (χ0v) is 9.71. The van der Waals surface area contributed by atoms with Gasteiger partial charge in [0, 0.05) is 25.7 Å². The fraction of sp³-hybridized carbons (Fsp3) is 0.700. The molecule has 0 atom stereocenters. The van der Waals surface area contributed by atoms with Crippen molar-refractivity contribution in [1.82, 2.24) is 19.9 Å². The summed E-state index contributed by atoms with van der Waals surface area (Å²) >= 11 is 0. The Kier molecular flexibility index (Phi) is 4.05. The average molecular weight is 239 g/mol. The van der Waals surface area contributed by atoms with E-state index in [-0.39, 0.29) is 12.5 Å². The molecule has 0 aliphatic carbocycles. The number of morpholine rings is 1. The van der Waals surface area contributed by atoms with Crippen LogP contribution in [0.4, 0.5) is 0 Å². The highest BCUT2D eigenvalue weighted by atomic mass is 16.5. The molecule has 17 heavy (non-hydrogen) atoms. The molecule has 0 aromatic carbocycles. The number of hydrogen-bond donors (Lipinski definition) is 1. The van der Waals surface area contributed by atoms with Crippen molar-refractivity contribution in [3.63, 3.8) is 0 Å². The number of amides is 1. The van der Waals surface area contributed by atoms with Crippen LogP contribution >= 0.6 is 0 Å². The lowest BCUT2D eigenvalue weighted by Crippen LogP contribution is -2.42. The molecule has 1 amide bonds. The summed E-state index contributed by atoms with van der Waals surface area (Å²) in [4.78, 5) is 13.7. The van der Waals surface area contributed by atoms with Gasteiger partial charge in [-0.3, -0.25) is 4.79 Å². The molecule has 0 saturated carbocycles. The fourth-order valence-electron chi connectivity index (χ4n) is 1.73. The van der Waals surface area contributed by atoms with Gasteiger partial charge in [0.05, 0.1) is 18.9 Å². The van der Waals surface area contributed by atoms with Gasteiger partial charge >= 0.3 is 0 Å². The zero-order valence-electron chi connectivity index (χ0n) is 9.71. The molecule has 7 heteroatoms. The van der Waals surface area contributed by atoms with Gasteiger partial charge in [-0.25, -0.2) is 4.68 Å². The fourth-order valence-corrected chi connectivity index (χ4v) is 1.73. The van der Waals surface area contributed by atoms with Crippen molar-refractivity contribution in [2.45, 2.75) is 13.0 Å². The van der Waals surface area contributed by atoms with Gasteiger partial charge in [-0.15, -0.1) is 5.10 Å². The number of ether oxygens (including phenoxy) is 1. The van der Waals surface area contributed by atoms with Crippen LogP contribution in [0.1, 0.15) is 5.69 Å². The summed E-state index contributed by atoms with van der Waals surface area (Å²) in [6.07, 6.45) is 2.46. The van der Waals surface area contributed by atoms with Crippen molar-refractivity contribution >= 4 is 5.91 Å². The maximum Gasteiger partial charge on any atom is 0.244 e. The Labute approximate surface area is 99.5 Å². The Morgan fingerprint density at radius 1 is 1.47 bits per heavy atom. The van der Waals surface area contributed by atoms with Gasteiger partial charge in [-0.05, 0) is 6.54 Å². The first-order chi connectivity index (χ1) is 8.29. The highest BCUT2D eigenvalue weighted by Gasteiger charge is 2.17. The van der Waals surface area contributed by atoms with E-state index >= 15 is 0 Å². The van der Waals surface area contributed by atoms with Gasteiger partial charge < -0.3 is 15.4 Å². The predicted octanol–water partition coefficient (Wildman–Crippen LogP) is -1.36. The standard InChI is InChI=1S/C10H17N5O2/c11-2-1-9-7-15(13-12-9)8-10(16)14-3-5-17-6-4-14/h7H,1-6,8,11H2. The first-order valence-corrected chi connectivity index (χ1v) is 5.74. The van der Waals surface area contributed by atoms with Gasteiger partial charge in [0.2, 0.25) is 5.91 Å². The number of aromatic nitrogens is 3. The summed E-state index contributed by atoms with van der Waals surface area (Å²) < 4.78 is 6.75. The van der Waals surface area contributed by atoms with Crippen LogP contribution in [0.5, 0.6) is 0 Å².